The largest absolute Gasteiger partial charge is 0.336 e. The van der Waals surface area contributed by atoms with Gasteiger partial charge in [-0.1, -0.05) is 127 Å². The normalized spacial score (nSPS) is 14.7. The summed E-state index contributed by atoms with van der Waals surface area (Å²) in [5.74, 6) is 1.20. The number of benzene rings is 4. The highest BCUT2D eigenvalue weighted by atomic mass is 16.1. The van der Waals surface area contributed by atoms with Crippen LogP contribution in [0.3, 0.4) is 0 Å². The number of amidine groups is 1. The molecular weight excluding hydrogens is 506 g/mol. The number of Topliss-reactive ketones (excluding diaryl/α,β-unsaturated/α-hetero) is 1. The van der Waals surface area contributed by atoms with Crippen molar-refractivity contribution < 1.29 is 4.79 Å². The molecule has 0 amide bonds. The van der Waals surface area contributed by atoms with Crippen LogP contribution in [0, 0.1) is 0 Å². The first-order valence-corrected chi connectivity index (χ1v) is 13.4. The Kier molecular flexibility index (Phi) is 7.36. The van der Waals surface area contributed by atoms with Gasteiger partial charge in [0.05, 0.1) is 11.4 Å². The Bertz CT molecular complexity index is 1720. The lowest BCUT2D eigenvalue weighted by Crippen LogP contribution is -2.31. The molecule has 6 rings (SSSR count). The van der Waals surface area contributed by atoms with Crippen molar-refractivity contribution in [3.8, 4) is 22.8 Å². The van der Waals surface area contributed by atoms with Gasteiger partial charge in [0.15, 0.2) is 11.6 Å². The molecule has 0 fully saturated rings. The number of carbonyl (C=O) groups excluding carboxylic acids is 1. The average Bonchev–Trinajstić information content (AvgIpc) is 3.04. The van der Waals surface area contributed by atoms with Crippen LogP contribution in [-0.4, -0.2) is 26.6 Å². The molecule has 0 saturated heterocycles. The number of hydrogen-bond acceptors (Lipinski definition) is 6. The molecule has 0 bridgehead atoms. The number of nitrogens with one attached hydrogen (secondary N) is 1. The number of carbonyl (C=O) groups is 1. The van der Waals surface area contributed by atoms with E-state index < -0.39 is 0 Å². The predicted octanol–water partition coefficient (Wildman–Crippen LogP) is 7.14. The van der Waals surface area contributed by atoms with Crippen LogP contribution < -0.4 is 5.32 Å². The second-order valence-corrected chi connectivity index (χ2v) is 9.63. The highest BCUT2D eigenvalue weighted by Gasteiger charge is 2.24. The number of rotatable bonds is 6. The van der Waals surface area contributed by atoms with Gasteiger partial charge in [-0.25, -0.2) is 19.9 Å². The van der Waals surface area contributed by atoms with Gasteiger partial charge in [0.1, 0.15) is 5.84 Å². The standard InChI is InChI=1S/C35H27N5O/c1-24-22-23-29(25-14-6-2-7-15-25)36-32(26-16-8-3-9-17-26)37-30(24)31(41)35-39-33(27-18-10-4-11-19-27)38-34(40-35)28-20-12-5-13-21-28/h2-21,23H,22H2,1H3,(H,36,37)/b29-23+,30-24?. The first-order valence-electron chi connectivity index (χ1n) is 13.4. The van der Waals surface area contributed by atoms with Crippen LogP contribution in [-0.2, 0) is 0 Å². The number of aromatic nitrogens is 3. The fourth-order valence-corrected chi connectivity index (χ4v) is 4.57. The zero-order chi connectivity index (χ0) is 28.0. The molecule has 4 aromatic carbocycles. The van der Waals surface area contributed by atoms with Crippen LogP contribution >= 0.6 is 0 Å². The quantitative estimate of drug-likeness (QED) is 0.235. The topological polar surface area (TPSA) is 80.1 Å². The molecule has 0 spiro atoms. The van der Waals surface area contributed by atoms with Crippen molar-refractivity contribution in [2.45, 2.75) is 13.3 Å². The van der Waals surface area contributed by atoms with Crippen LogP contribution in [0.4, 0.5) is 0 Å². The number of ketones is 1. The number of nitrogens with zero attached hydrogens (tertiary/aromatic N) is 4. The van der Waals surface area contributed by atoms with Crippen LogP contribution in [0.1, 0.15) is 35.1 Å². The second-order valence-electron chi connectivity index (χ2n) is 9.63. The van der Waals surface area contributed by atoms with E-state index in [1.165, 1.54) is 0 Å². The molecule has 1 aliphatic heterocycles. The van der Waals surface area contributed by atoms with E-state index in [0.29, 0.717) is 29.6 Å². The highest BCUT2D eigenvalue weighted by molar-refractivity contribution is 6.13. The van der Waals surface area contributed by atoms with E-state index in [2.05, 4.69) is 21.4 Å². The van der Waals surface area contributed by atoms with Gasteiger partial charge in [0, 0.05) is 16.7 Å². The summed E-state index contributed by atoms with van der Waals surface area (Å²) in [6, 6.07) is 39.1. The summed E-state index contributed by atoms with van der Waals surface area (Å²) in [6.07, 6.45) is 2.59. The first kappa shape index (κ1) is 25.8. The minimum atomic E-state index is -0.320. The van der Waals surface area contributed by atoms with Crippen molar-refractivity contribution in [3.63, 3.8) is 0 Å². The molecule has 5 aromatic rings. The Morgan fingerprint density at radius 2 is 1.07 bits per heavy atom. The number of hydrogen-bond donors (Lipinski definition) is 1. The molecule has 6 nitrogen and oxygen atoms in total. The van der Waals surface area contributed by atoms with Crippen molar-refractivity contribution in [2.75, 3.05) is 0 Å². The van der Waals surface area contributed by atoms with Crippen LogP contribution in [0.25, 0.3) is 28.5 Å². The van der Waals surface area contributed by atoms with Crippen LogP contribution in [0.5, 0.6) is 0 Å². The van der Waals surface area contributed by atoms with E-state index in [9.17, 15) is 4.79 Å². The summed E-state index contributed by atoms with van der Waals surface area (Å²) < 4.78 is 0. The molecule has 0 saturated carbocycles. The molecule has 0 atom stereocenters. The molecule has 0 aliphatic carbocycles. The second kappa shape index (κ2) is 11.7. The molecule has 0 unspecified atom stereocenters. The molecule has 198 valence electrons. The summed E-state index contributed by atoms with van der Waals surface area (Å²) in [5.41, 5.74) is 5.57. The third-order valence-corrected chi connectivity index (χ3v) is 6.75. The number of allylic oxidation sites excluding steroid dienone is 3. The van der Waals surface area contributed by atoms with E-state index in [1.54, 1.807) is 0 Å². The Morgan fingerprint density at radius 1 is 0.610 bits per heavy atom. The Hall–Kier alpha value is -5.49. The summed E-state index contributed by atoms with van der Waals surface area (Å²) in [4.78, 5) is 33.2. The fraction of sp³-hybridized carbons (Fsp3) is 0.0571. The Labute approximate surface area is 238 Å². The van der Waals surface area contributed by atoms with Gasteiger partial charge in [-0.05, 0) is 24.5 Å². The van der Waals surface area contributed by atoms with Crippen molar-refractivity contribution in [2.24, 2.45) is 4.99 Å². The van der Waals surface area contributed by atoms with E-state index in [0.717, 1.165) is 33.5 Å². The van der Waals surface area contributed by atoms with Crippen LogP contribution in [0.15, 0.2) is 144 Å². The molecule has 1 aromatic heterocycles. The van der Waals surface area contributed by atoms with E-state index in [1.807, 2.05) is 128 Å². The smallest absolute Gasteiger partial charge is 0.246 e. The molecule has 1 N–H and O–H groups in total. The van der Waals surface area contributed by atoms with Crippen molar-refractivity contribution in [1.82, 2.24) is 20.3 Å². The average molecular weight is 534 g/mol. The zero-order valence-corrected chi connectivity index (χ0v) is 22.5. The lowest BCUT2D eigenvalue weighted by molar-refractivity contribution is 0.101. The van der Waals surface area contributed by atoms with Gasteiger partial charge < -0.3 is 5.32 Å². The maximum Gasteiger partial charge on any atom is 0.246 e. The van der Waals surface area contributed by atoms with Crippen molar-refractivity contribution in [3.05, 3.63) is 156 Å². The minimum Gasteiger partial charge on any atom is -0.336 e. The molecular formula is C35H27N5O. The summed E-state index contributed by atoms with van der Waals surface area (Å²) in [6.45, 7) is 1.95. The van der Waals surface area contributed by atoms with E-state index in [-0.39, 0.29) is 11.6 Å². The molecule has 1 aliphatic rings. The van der Waals surface area contributed by atoms with Crippen LogP contribution in [0.2, 0.25) is 0 Å². The lowest BCUT2D eigenvalue weighted by atomic mass is 10.0. The van der Waals surface area contributed by atoms with Gasteiger partial charge in [0.2, 0.25) is 11.6 Å². The van der Waals surface area contributed by atoms with Gasteiger partial charge in [0.25, 0.3) is 0 Å². The summed E-state index contributed by atoms with van der Waals surface area (Å²) in [7, 11) is 0. The van der Waals surface area contributed by atoms with E-state index >= 15 is 0 Å². The van der Waals surface area contributed by atoms with Gasteiger partial charge in [-0.3, -0.25) is 4.79 Å². The maximum absolute atomic E-state index is 14.2. The molecule has 41 heavy (non-hydrogen) atoms. The minimum absolute atomic E-state index is 0.0693. The van der Waals surface area contributed by atoms with Crippen molar-refractivity contribution in [1.29, 1.82) is 0 Å². The molecule has 6 heteroatoms. The maximum atomic E-state index is 14.2. The predicted molar refractivity (Wildman–Crippen MR) is 163 cm³/mol. The van der Waals surface area contributed by atoms with Gasteiger partial charge >= 0.3 is 0 Å². The van der Waals surface area contributed by atoms with Gasteiger partial charge in [-0.15, -0.1) is 0 Å². The van der Waals surface area contributed by atoms with E-state index in [4.69, 9.17) is 9.98 Å². The third kappa shape index (κ3) is 5.77. The third-order valence-electron chi connectivity index (χ3n) is 6.75. The monoisotopic (exact) mass is 533 g/mol. The Morgan fingerprint density at radius 3 is 1.59 bits per heavy atom. The lowest BCUT2D eigenvalue weighted by Gasteiger charge is -2.19. The van der Waals surface area contributed by atoms with Gasteiger partial charge in [-0.2, -0.15) is 0 Å². The summed E-state index contributed by atoms with van der Waals surface area (Å²) in [5, 5.41) is 3.38. The highest BCUT2D eigenvalue weighted by Crippen LogP contribution is 2.25. The zero-order valence-electron chi connectivity index (χ0n) is 22.5. The Balaban J connectivity index is 1.46. The van der Waals surface area contributed by atoms with Crippen molar-refractivity contribution >= 4 is 17.3 Å². The molecule has 2 heterocycles. The number of aliphatic imine (C=N–C) groups is 1. The summed E-state index contributed by atoms with van der Waals surface area (Å²) >= 11 is 0. The fourth-order valence-electron chi connectivity index (χ4n) is 4.57. The SMILES string of the molecule is CC1=C(C(=O)c2nc(-c3ccccc3)nc(-c3ccccc3)n2)NC(c2ccccc2)=N/C(c2ccccc2)=C/C1. The first-order chi connectivity index (χ1) is 20.2. The molecule has 0 radical (unpaired) electrons.